The van der Waals surface area contributed by atoms with Crippen LogP contribution in [0, 0.1) is 0 Å². The maximum absolute atomic E-state index is 5.28. The minimum Gasteiger partial charge on any atom is -0.332 e. The van der Waals surface area contributed by atoms with Crippen LogP contribution in [0.25, 0.3) is 0 Å². The minimum absolute atomic E-state index is 0.506. The summed E-state index contributed by atoms with van der Waals surface area (Å²) in [7, 11) is 0. The number of hydrogen-bond donors (Lipinski definition) is 2. The quantitative estimate of drug-likeness (QED) is 0.512. The van der Waals surface area contributed by atoms with E-state index in [1.165, 1.54) is 16.9 Å². The van der Waals surface area contributed by atoms with Crippen molar-refractivity contribution >= 4 is 51.2 Å². The molecule has 3 aromatic rings. The molecule has 0 atom stereocenters. The van der Waals surface area contributed by atoms with Gasteiger partial charge in [0.15, 0.2) is 9.45 Å². The van der Waals surface area contributed by atoms with Gasteiger partial charge in [-0.1, -0.05) is 71.6 Å². The third kappa shape index (κ3) is 5.02. The summed E-state index contributed by atoms with van der Waals surface area (Å²) >= 11 is 8.44. The topological polar surface area (TPSA) is 49.8 Å². The van der Waals surface area contributed by atoms with E-state index < -0.39 is 0 Å². The average Bonchev–Trinajstić information content (AvgIpc) is 3.02. The Morgan fingerprint density at radius 2 is 1.65 bits per heavy atom. The molecule has 0 aliphatic rings. The van der Waals surface area contributed by atoms with Gasteiger partial charge in [0.25, 0.3) is 0 Å². The molecule has 1 aromatic heterocycles. The van der Waals surface area contributed by atoms with E-state index in [0.29, 0.717) is 10.2 Å². The molecule has 116 valence electrons. The first-order valence-electron chi connectivity index (χ1n) is 6.93. The number of rotatable bonds is 5. The Balaban J connectivity index is 1.52. The van der Waals surface area contributed by atoms with Gasteiger partial charge in [0.1, 0.15) is 0 Å². The predicted octanol–water partition coefficient (Wildman–Crippen LogP) is 4.64. The Hall–Kier alpha value is -1.96. The standard InChI is InChI=1S/C16H14N4S3/c21-14(17-13-9-5-2-6-10-13)18-15-19-20-16(23-15)22-11-12-7-3-1-4-8-12/h1-10H,11H2,(H2,17,18,19,21). The lowest BCUT2D eigenvalue weighted by atomic mass is 10.2. The maximum Gasteiger partial charge on any atom is 0.212 e. The molecule has 7 heteroatoms. The van der Waals surface area contributed by atoms with Crippen LogP contribution >= 0.6 is 35.3 Å². The Morgan fingerprint density at radius 1 is 0.957 bits per heavy atom. The van der Waals surface area contributed by atoms with Crippen LogP contribution in [0.2, 0.25) is 0 Å². The molecule has 2 N–H and O–H groups in total. The number of nitrogens with zero attached hydrogens (tertiary/aromatic N) is 2. The summed E-state index contributed by atoms with van der Waals surface area (Å²) in [6.45, 7) is 0. The number of para-hydroxylation sites is 1. The molecule has 0 aliphatic heterocycles. The zero-order chi connectivity index (χ0) is 15.9. The van der Waals surface area contributed by atoms with Gasteiger partial charge in [-0.25, -0.2) is 0 Å². The molecule has 3 rings (SSSR count). The van der Waals surface area contributed by atoms with Crippen LogP contribution in [0.4, 0.5) is 10.8 Å². The normalized spacial score (nSPS) is 10.3. The zero-order valence-electron chi connectivity index (χ0n) is 12.1. The molecule has 0 spiro atoms. The third-order valence-corrected chi connectivity index (χ3v) is 5.11. The molecule has 0 saturated heterocycles. The fourth-order valence-corrected chi connectivity index (χ4v) is 3.81. The van der Waals surface area contributed by atoms with Gasteiger partial charge >= 0.3 is 0 Å². The van der Waals surface area contributed by atoms with Crippen molar-refractivity contribution in [1.29, 1.82) is 0 Å². The molecule has 0 saturated carbocycles. The molecular formula is C16H14N4S3. The van der Waals surface area contributed by atoms with Crippen molar-refractivity contribution in [2.75, 3.05) is 10.6 Å². The number of hydrogen-bond acceptors (Lipinski definition) is 5. The van der Waals surface area contributed by atoms with Gasteiger partial charge in [0.05, 0.1) is 0 Å². The van der Waals surface area contributed by atoms with Crippen molar-refractivity contribution in [3.05, 3.63) is 66.2 Å². The highest BCUT2D eigenvalue weighted by atomic mass is 32.2. The SMILES string of the molecule is S=C(Nc1ccccc1)Nc1nnc(SCc2ccccc2)s1. The molecule has 0 unspecified atom stereocenters. The lowest BCUT2D eigenvalue weighted by Crippen LogP contribution is -2.18. The zero-order valence-corrected chi connectivity index (χ0v) is 14.5. The summed E-state index contributed by atoms with van der Waals surface area (Å²) in [5, 5.41) is 15.7. The monoisotopic (exact) mass is 358 g/mol. The first kappa shape index (κ1) is 15.9. The third-order valence-electron chi connectivity index (χ3n) is 2.86. The molecule has 4 nitrogen and oxygen atoms in total. The Bertz CT molecular complexity index is 759. The number of anilines is 2. The van der Waals surface area contributed by atoms with E-state index in [0.717, 1.165) is 15.8 Å². The van der Waals surface area contributed by atoms with E-state index in [-0.39, 0.29) is 0 Å². The fraction of sp³-hybridized carbons (Fsp3) is 0.0625. The second-order valence-electron chi connectivity index (χ2n) is 4.59. The highest BCUT2D eigenvalue weighted by molar-refractivity contribution is 8.00. The lowest BCUT2D eigenvalue weighted by Gasteiger charge is -2.07. The van der Waals surface area contributed by atoms with Crippen LogP contribution in [0.15, 0.2) is 65.0 Å². The van der Waals surface area contributed by atoms with Crippen LogP contribution in [-0.4, -0.2) is 15.3 Å². The van der Waals surface area contributed by atoms with Crippen LogP contribution in [0.5, 0.6) is 0 Å². The average molecular weight is 359 g/mol. The van der Waals surface area contributed by atoms with Gasteiger partial charge in [0.2, 0.25) is 5.13 Å². The van der Waals surface area contributed by atoms with Gasteiger partial charge in [-0.15, -0.1) is 10.2 Å². The smallest absolute Gasteiger partial charge is 0.212 e. The van der Waals surface area contributed by atoms with Crippen molar-refractivity contribution in [2.45, 2.75) is 10.1 Å². The predicted molar refractivity (Wildman–Crippen MR) is 102 cm³/mol. The number of nitrogens with one attached hydrogen (secondary N) is 2. The second kappa shape index (κ2) is 8.05. The van der Waals surface area contributed by atoms with Crippen molar-refractivity contribution < 1.29 is 0 Å². The molecule has 1 heterocycles. The highest BCUT2D eigenvalue weighted by Crippen LogP contribution is 2.28. The minimum atomic E-state index is 0.506. The lowest BCUT2D eigenvalue weighted by molar-refractivity contribution is 1.01. The fourth-order valence-electron chi connectivity index (χ4n) is 1.82. The Labute approximate surface area is 148 Å². The van der Waals surface area contributed by atoms with Crippen molar-refractivity contribution in [3.63, 3.8) is 0 Å². The van der Waals surface area contributed by atoms with E-state index in [4.69, 9.17) is 12.2 Å². The molecule has 23 heavy (non-hydrogen) atoms. The number of thiocarbonyl (C=S) groups is 1. The van der Waals surface area contributed by atoms with E-state index in [2.05, 4.69) is 33.0 Å². The number of benzene rings is 2. The second-order valence-corrected chi connectivity index (χ2v) is 7.20. The van der Waals surface area contributed by atoms with Crippen molar-refractivity contribution in [3.8, 4) is 0 Å². The van der Waals surface area contributed by atoms with Gasteiger partial charge in [-0.2, -0.15) is 0 Å². The van der Waals surface area contributed by atoms with E-state index in [1.807, 2.05) is 48.5 Å². The summed E-state index contributed by atoms with van der Waals surface area (Å²) in [4.78, 5) is 0. The largest absolute Gasteiger partial charge is 0.332 e. The number of aromatic nitrogens is 2. The molecule has 0 bridgehead atoms. The Morgan fingerprint density at radius 3 is 2.39 bits per heavy atom. The molecule has 0 aliphatic carbocycles. The van der Waals surface area contributed by atoms with E-state index >= 15 is 0 Å². The summed E-state index contributed by atoms with van der Waals surface area (Å²) in [6, 6.07) is 20.1. The van der Waals surface area contributed by atoms with Crippen LogP contribution in [0.3, 0.4) is 0 Å². The molecule has 0 fully saturated rings. The maximum atomic E-state index is 5.28. The molecular weight excluding hydrogens is 344 g/mol. The molecule has 2 aromatic carbocycles. The van der Waals surface area contributed by atoms with Crippen molar-refractivity contribution in [1.82, 2.24) is 10.2 Å². The van der Waals surface area contributed by atoms with E-state index in [9.17, 15) is 0 Å². The highest BCUT2D eigenvalue weighted by Gasteiger charge is 2.07. The van der Waals surface area contributed by atoms with E-state index in [1.54, 1.807) is 11.8 Å². The van der Waals surface area contributed by atoms with Gasteiger partial charge in [-0.3, -0.25) is 0 Å². The summed E-state index contributed by atoms with van der Waals surface area (Å²) in [5.74, 6) is 0.877. The van der Waals surface area contributed by atoms with Crippen LogP contribution in [-0.2, 0) is 5.75 Å². The summed E-state index contributed by atoms with van der Waals surface area (Å²) < 4.78 is 0.916. The van der Waals surface area contributed by atoms with Gasteiger partial charge in [-0.05, 0) is 29.9 Å². The van der Waals surface area contributed by atoms with Gasteiger partial charge < -0.3 is 10.6 Å². The first-order valence-corrected chi connectivity index (χ1v) is 9.14. The molecule has 0 amide bonds. The van der Waals surface area contributed by atoms with Gasteiger partial charge in [0, 0.05) is 11.4 Å². The first-order chi connectivity index (χ1) is 11.3. The van der Waals surface area contributed by atoms with Crippen LogP contribution in [0.1, 0.15) is 5.56 Å². The number of thioether (sulfide) groups is 1. The van der Waals surface area contributed by atoms with Crippen LogP contribution < -0.4 is 10.6 Å². The Kier molecular flexibility index (Phi) is 5.57. The summed E-state index contributed by atoms with van der Waals surface area (Å²) in [5.41, 5.74) is 2.21. The van der Waals surface area contributed by atoms with Crippen molar-refractivity contribution in [2.24, 2.45) is 0 Å². The summed E-state index contributed by atoms with van der Waals surface area (Å²) in [6.07, 6.45) is 0. The molecule has 0 radical (unpaired) electrons.